The van der Waals surface area contributed by atoms with Crippen LogP contribution in [0, 0.1) is 0 Å². The molecule has 2 rings (SSSR count). The van der Waals surface area contributed by atoms with Crippen molar-refractivity contribution < 1.29 is 9.53 Å². The van der Waals surface area contributed by atoms with Crippen molar-refractivity contribution in [2.75, 3.05) is 13.0 Å². The van der Waals surface area contributed by atoms with E-state index in [1.165, 1.54) is 0 Å². The standard InChI is InChI=1S/C16H16ClNO2/c1-20-14-9-7-13(8-10-14)16(18-15(19)11-17)12-5-3-2-4-6-12/h2-10,16H,11H2,1H3,(H,18,19)/t16-/m0/s1. The summed E-state index contributed by atoms with van der Waals surface area (Å²) >= 11 is 5.59. The summed E-state index contributed by atoms with van der Waals surface area (Å²) in [5.74, 6) is 0.528. The second kappa shape index (κ2) is 6.96. The molecule has 0 bridgehead atoms. The van der Waals surface area contributed by atoms with Crippen molar-refractivity contribution in [1.29, 1.82) is 0 Å². The minimum absolute atomic E-state index is 0.0561. The maximum Gasteiger partial charge on any atom is 0.235 e. The molecule has 0 heterocycles. The van der Waals surface area contributed by atoms with Gasteiger partial charge in [0, 0.05) is 0 Å². The first-order valence-corrected chi connectivity index (χ1v) is 6.82. The minimum atomic E-state index is -0.214. The average molecular weight is 290 g/mol. The first-order chi connectivity index (χ1) is 9.74. The number of methoxy groups -OCH3 is 1. The topological polar surface area (TPSA) is 38.3 Å². The number of halogens is 1. The van der Waals surface area contributed by atoms with Gasteiger partial charge in [0.25, 0.3) is 0 Å². The van der Waals surface area contributed by atoms with E-state index in [0.29, 0.717) is 0 Å². The zero-order chi connectivity index (χ0) is 14.4. The predicted octanol–water partition coefficient (Wildman–Crippen LogP) is 3.14. The lowest BCUT2D eigenvalue weighted by Crippen LogP contribution is -2.30. The van der Waals surface area contributed by atoms with Crippen molar-refractivity contribution in [1.82, 2.24) is 5.32 Å². The summed E-state index contributed by atoms with van der Waals surface area (Å²) in [6.45, 7) is 0. The van der Waals surface area contributed by atoms with Crippen LogP contribution in [-0.4, -0.2) is 18.9 Å². The number of carbonyl (C=O) groups excluding carboxylic acids is 1. The molecule has 0 unspecified atom stereocenters. The lowest BCUT2D eigenvalue weighted by molar-refractivity contribution is -0.119. The second-order valence-electron chi connectivity index (χ2n) is 4.32. The van der Waals surface area contributed by atoms with Gasteiger partial charge in [-0.25, -0.2) is 0 Å². The van der Waals surface area contributed by atoms with E-state index in [-0.39, 0.29) is 17.8 Å². The maximum atomic E-state index is 11.6. The van der Waals surface area contributed by atoms with E-state index in [4.69, 9.17) is 16.3 Å². The van der Waals surface area contributed by atoms with Crippen LogP contribution in [0.4, 0.5) is 0 Å². The van der Waals surface area contributed by atoms with Crippen molar-refractivity contribution in [2.45, 2.75) is 6.04 Å². The quantitative estimate of drug-likeness (QED) is 0.859. The number of amides is 1. The molecule has 1 N–H and O–H groups in total. The molecule has 0 aliphatic carbocycles. The third kappa shape index (κ3) is 3.52. The summed E-state index contributed by atoms with van der Waals surface area (Å²) in [6, 6.07) is 17.2. The molecule has 2 aromatic carbocycles. The molecule has 2 aromatic rings. The molecule has 0 fully saturated rings. The van der Waals surface area contributed by atoms with Crippen molar-refractivity contribution >= 4 is 17.5 Å². The molecule has 104 valence electrons. The summed E-state index contributed by atoms with van der Waals surface area (Å²) < 4.78 is 5.15. The summed E-state index contributed by atoms with van der Waals surface area (Å²) in [4.78, 5) is 11.6. The fourth-order valence-corrected chi connectivity index (χ4v) is 2.08. The number of carbonyl (C=O) groups is 1. The van der Waals surface area contributed by atoms with E-state index in [2.05, 4.69) is 5.32 Å². The van der Waals surface area contributed by atoms with Crippen molar-refractivity contribution in [3.8, 4) is 5.75 Å². The van der Waals surface area contributed by atoms with Gasteiger partial charge in [-0.3, -0.25) is 4.79 Å². The molecule has 20 heavy (non-hydrogen) atoms. The van der Waals surface area contributed by atoms with Gasteiger partial charge in [0.1, 0.15) is 11.6 Å². The molecular weight excluding hydrogens is 274 g/mol. The maximum absolute atomic E-state index is 11.6. The third-order valence-corrected chi connectivity index (χ3v) is 3.25. The van der Waals surface area contributed by atoms with Crippen LogP contribution in [0.3, 0.4) is 0 Å². The first-order valence-electron chi connectivity index (χ1n) is 6.29. The molecule has 1 atom stereocenters. The number of alkyl halides is 1. The van der Waals surface area contributed by atoms with Crippen LogP contribution >= 0.6 is 11.6 Å². The van der Waals surface area contributed by atoms with Gasteiger partial charge >= 0.3 is 0 Å². The average Bonchev–Trinajstić information content (AvgIpc) is 2.53. The fraction of sp³-hybridized carbons (Fsp3) is 0.188. The number of benzene rings is 2. The van der Waals surface area contributed by atoms with Crippen LogP contribution in [0.15, 0.2) is 54.6 Å². The van der Waals surface area contributed by atoms with E-state index < -0.39 is 0 Å². The van der Waals surface area contributed by atoms with E-state index in [0.717, 1.165) is 16.9 Å². The highest BCUT2D eigenvalue weighted by Crippen LogP contribution is 2.24. The summed E-state index contributed by atoms with van der Waals surface area (Å²) in [5, 5.41) is 2.93. The van der Waals surface area contributed by atoms with Gasteiger partial charge in [-0.05, 0) is 23.3 Å². The number of nitrogens with one attached hydrogen (secondary N) is 1. The Bertz CT molecular complexity index is 554. The molecule has 0 saturated carbocycles. The summed E-state index contributed by atoms with van der Waals surface area (Å²) in [6.07, 6.45) is 0. The molecule has 0 aliphatic rings. The Balaban J connectivity index is 2.32. The number of rotatable bonds is 5. The van der Waals surface area contributed by atoms with Crippen molar-refractivity contribution in [3.05, 3.63) is 65.7 Å². The van der Waals surface area contributed by atoms with Gasteiger partial charge in [-0.15, -0.1) is 11.6 Å². The molecule has 0 aromatic heterocycles. The lowest BCUT2D eigenvalue weighted by atomic mass is 9.98. The van der Waals surface area contributed by atoms with E-state index in [1.54, 1.807) is 7.11 Å². The van der Waals surface area contributed by atoms with E-state index in [1.807, 2.05) is 54.6 Å². The Hall–Kier alpha value is -2.00. The number of ether oxygens (including phenoxy) is 1. The SMILES string of the molecule is COc1ccc([C@@H](NC(=O)CCl)c2ccccc2)cc1. The predicted molar refractivity (Wildman–Crippen MR) is 80.1 cm³/mol. The highest BCUT2D eigenvalue weighted by molar-refractivity contribution is 6.27. The lowest BCUT2D eigenvalue weighted by Gasteiger charge is -2.19. The van der Waals surface area contributed by atoms with Crippen molar-refractivity contribution in [2.24, 2.45) is 0 Å². The minimum Gasteiger partial charge on any atom is -0.497 e. The van der Waals surface area contributed by atoms with Crippen LogP contribution in [0.25, 0.3) is 0 Å². The number of hydrogen-bond donors (Lipinski definition) is 1. The molecule has 0 aliphatic heterocycles. The largest absolute Gasteiger partial charge is 0.497 e. The first kappa shape index (κ1) is 14.4. The van der Waals surface area contributed by atoms with Gasteiger partial charge in [0.2, 0.25) is 5.91 Å². The van der Waals surface area contributed by atoms with Crippen LogP contribution in [0.2, 0.25) is 0 Å². The molecule has 3 nitrogen and oxygen atoms in total. The zero-order valence-corrected chi connectivity index (χ0v) is 11.9. The molecule has 0 spiro atoms. The van der Waals surface area contributed by atoms with Crippen LogP contribution < -0.4 is 10.1 Å². The van der Waals surface area contributed by atoms with E-state index >= 15 is 0 Å². The molecule has 1 amide bonds. The Morgan fingerprint density at radius 3 is 2.25 bits per heavy atom. The van der Waals surface area contributed by atoms with Gasteiger partial charge in [0.05, 0.1) is 13.2 Å². The fourth-order valence-electron chi connectivity index (χ4n) is 2.00. The second-order valence-corrected chi connectivity index (χ2v) is 4.59. The van der Waals surface area contributed by atoms with Gasteiger partial charge in [-0.2, -0.15) is 0 Å². The van der Waals surface area contributed by atoms with Gasteiger partial charge in [-0.1, -0.05) is 42.5 Å². The third-order valence-electron chi connectivity index (χ3n) is 3.01. The number of hydrogen-bond acceptors (Lipinski definition) is 2. The van der Waals surface area contributed by atoms with Crippen LogP contribution in [0.1, 0.15) is 17.2 Å². The van der Waals surface area contributed by atoms with Crippen molar-refractivity contribution in [3.63, 3.8) is 0 Å². The molecule has 4 heteroatoms. The van der Waals surface area contributed by atoms with Crippen LogP contribution in [-0.2, 0) is 4.79 Å². The monoisotopic (exact) mass is 289 g/mol. The van der Waals surface area contributed by atoms with Gasteiger partial charge in [0.15, 0.2) is 0 Å². The smallest absolute Gasteiger partial charge is 0.235 e. The molecule has 0 saturated heterocycles. The van der Waals surface area contributed by atoms with Crippen LogP contribution in [0.5, 0.6) is 5.75 Å². The Morgan fingerprint density at radius 2 is 1.70 bits per heavy atom. The molecule has 0 radical (unpaired) electrons. The molecular formula is C16H16ClNO2. The van der Waals surface area contributed by atoms with E-state index in [9.17, 15) is 4.79 Å². The Labute approximate surface area is 123 Å². The highest BCUT2D eigenvalue weighted by Gasteiger charge is 2.16. The van der Waals surface area contributed by atoms with Gasteiger partial charge < -0.3 is 10.1 Å². The zero-order valence-electron chi connectivity index (χ0n) is 11.2. The summed E-state index contributed by atoms with van der Waals surface area (Å²) in [7, 11) is 1.62. The normalized spacial score (nSPS) is 11.7. The Morgan fingerprint density at radius 1 is 1.10 bits per heavy atom. The highest BCUT2D eigenvalue weighted by atomic mass is 35.5. The Kier molecular flexibility index (Phi) is 5.02. The summed E-state index contributed by atoms with van der Waals surface area (Å²) in [5.41, 5.74) is 1.99.